The highest BCUT2D eigenvalue weighted by Crippen LogP contribution is 2.53. The van der Waals surface area contributed by atoms with Crippen LogP contribution in [0.2, 0.25) is 0 Å². The van der Waals surface area contributed by atoms with Crippen molar-refractivity contribution in [2.75, 3.05) is 26.3 Å². The standard InChI is InChI=1S/C16H17N3O5/c1-19-16-10(6-17-19)8(5-12(20)18-16)9-4-11(21-2)14-15(13(9)22-3)24-7-23-14/h4,6,8H,5,7H2,1-3H3,(H,18,20)/t8-/m1/s1. The zero-order valence-corrected chi connectivity index (χ0v) is 13.6. The molecule has 24 heavy (non-hydrogen) atoms. The molecule has 1 aromatic heterocycles. The molecule has 0 saturated heterocycles. The number of carbonyl (C=O) groups is 1. The van der Waals surface area contributed by atoms with Crippen LogP contribution in [-0.2, 0) is 11.8 Å². The topological polar surface area (TPSA) is 83.8 Å². The average Bonchev–Trinajstić information content (AvgIpc) is 3.20. The maximum Gasteiger partial charge on any atom is 0.231 e. The van der Waals surface area contributed by atoms with Crippen molar-refractivity contribution in [3.8, 4) is 23.0 Å². The van der Waals surface area contributed by atoms with Crippen LogP contribution in [0.1, 0.15) is 23.5 Å². The van der Waals surface area contributed by atoms with Crippen molar-refractivity contribution >= 4 is 11.7 Å². The molecule has 0 spiro atoms. The molecule has 126 valence electrons. The maximum atomic E-state index is 12.2. The minimum atomic E-state index is -0.208. The number of rotatable bonds is 3. The van der Waals surface area contributed by atoms with Crippen LogP contribution >= 0.6 is 0 Å². The molecule has 0 saturated carbocycles. The number of nitrogens with one attached hydrogen (secondary N) is 1. The number of aryl methyl sites for hydroxylation is 1. The van der Waals surface area contributed by atoms with E-state index in [9.17, 15) is 4.79 Å². The molecule has 4 rings (SSSR count). The first-order chi connectivity index (χ1) is 11.6. The summed E-state index contributed by atoms with van der Waals surface area (Å²) in [5, 5.41) is 7.11. The van der Waals surface area contributed by atoms with E-state index >= 15 is 0 Å². The maximum absolute atomic E-state index is 12.2. The minimum Gasteiger partial charge on any atom is -0.493 e. The highest BCUT2D eigenvalue weighted by atomic mass is 16.7. The van der Waals surface area contributed by atoms with Crippen LogP contribution in [0.5, 0.6) is 23.0 Å². The molecular weight excluding hydrogens is 314 g/mol. The lowest BCUT2D eigenvalue weighted by Gasteiger charge is -2.25. The molecule has 0 radical (unpaired) electrons. The number of hydrogen-bond acceptors (Lipinski definition) is 6. The molecule has 0 aliphatic carbocycles. The first-order valence-corrected chi connectivity index (χ1v) is 7.50. The third kappa shape index (κ3) is 1.99. The third-order valence-electron chi connectivity index (χ3n) is 4.38. The van der Waals surface area contributed by atoms with Crippen LogP contribution in [0, 0.1) is 0 Å². The van der Waals surface area contributed by atoms with Gasteiger partial charge in [0.25, 0.3) is 0 Å². The molecule has 8 nitrogen and oxygen atoms in total. The monoisotopic (exact) mass is 331 g/mol. The van der Waals surface area contributed by atoms with Gasteiger partial charge in [-0.15, -0.1) is 0 Å². The Balaban J connectivity index is 1.92. The zero-order valence-electron chi connectivity index (χ0n) is 13.6. The summed E-state index contributed by atoms with van der Waals surface area (Å²) >= 11 is 0. The number of benzene rings is 1. The summed E-state index contributed by atoms with van der Waals surface area (Å²) < 4.78 is 23.7. The summed E-state index contributed by atoms with van der Waals surface area (Å²) in [4.78, 5) is 12.2. The number of nitrogens with zero attached hydrogens (tertiary/aromatic N) is 2. The van der Waals surface area contributed by atoms with Crippen LogP contribution < -0.4 is 24.3 Å². The van der Waals surface area contributed by atoms with Crippen LogP contribution in [-0.4, -0.2) is 36.7 Å². The van der Waals surface area contributed by atoms with E-state index in [2.05, 4.69) is 10.4 Å². The van der Waals surface area contributed by atoms with Crippen LogP contribution in [0.4, 0.5) is 5.82 Å². The largest absolute Gasteiger partial charge is 0.493 e. The summed E-state index contributed by atoms with van der Waals surface area (Å²) in [7, 11) is 4.93. The summed E-state index contributed by atoms with van der Waals surface area (Å²) in [5.74, 6) is 2.53. The second-order valence-electron chi connectivity index (χ2n) is 5.64. The summed E-state index contributed by atoms with van der Waals surface area (Å²) in [6.07, 6.45) is 2.05. The molecule has 0 unspecified atom stereocenters. The predicted octanol–water partition coefficient (Wildman–Crippen LogP) is 1.64. The van der Waals surface area contributed by atoms with Gasteiger partial charge in [0.2, 0.25) is 24.2 Å². The first kappa shape index (κ1) is 14.7. The van der Waals surface area contributed by atoms with Crippen molar-refractivity contribution < 1.29 is 23.7 Å². The van der Waals surface area contributed by atoms with Crippen molar-refractivity contribution in [1.82, 2.24) is 9.78 Å². The Bertz CT molecular complexity index is 830. The lowest BCUT2D eigenvalue weighted by atomic mass is 9.86. The van der Waals surface area contributed by atoms with Crippen molar-refractivity contribution in [1.29, 1.82) is 0 Å². The van der Waals surface area contributed by atoms with Gasteiger partial charge in [-0.2, -0.15) is 5.10 Å². The fraction of sp³-hybridized carbons (Fsp3) is 0.375. The molecule has 0 bridgehead atoms. The van der Waals surface area contributed by atoms with Crippen molar-refractivity contribution in [3.63, 3.8) is 0 Å². The van der Waals surface area contributed by atoms with Crippen molar-refractivity contribution in [3.05, 3.63) is 23.4 Å². The van der Waals surface area contributed by atoms with Gasteiger partial charge in [-0.3, -0.25) is 9.48 Å². The van der Waals surface area contributed by atoms with Crippen molar-refractivity contribution in [2.45, 2.75) is 12.3 Å². The van der Waals surface area contributed by atoms with E-state index in [0.29, 0.717) is 28.8 Å². The highest BCUT2D eigenvalue weighted by molar-refractivity contribution is 5.94. The summed E-state index contributed by atoms with van der Waals surface area (Å²) in [6.45, 7) is 0.106. The number of amides is 1. The predicted molar refractivity (Wildman–Crippen MR) is 84.0 cm³/mol. The van der Waals surface area contributed by atoms with Crippen LogP contribution in [0.15, 0.2) is 12.3 Å². The van der Waals surface area contributed by atoms with E-state index in [1.165, 1.54) is 0 Å². The minimum absolute atomic E-state index is 0.0743. The number of anilines is 1. The number of fused-ring (bicyclic) bond motifs is 2. The van der Waals surface area contributed by atoms with Crippen molar-refractivity contribution in [2.24, 2.45) is 7.05 Å². The molecule has 2 aromatic rings. The fourth-order valence-electron chi connectivity index (χ4n) is 3.27. The fourth-order valence-corrected chi connectivity index (χ4v) is 3.27. The van der Waals surface area contributed by atoms with Gasteiger partial charge in [0.1, 0.15) is 5.82 Å². The van der Waals surface area contributed by atoms with Gasteiger partial charge in [0, 0.05) is 30.5 Å². The van der Waals surface area contributed by atoms with E-state index in [0.717, 1.165) is 11.1 Å². The second-order valence-corrected chi connectivity index (χ2v) is 5.64. The number of methoxy groups -OCH3 is 2. The number of aromatic nitrogens is 2. The molecule has 8 heteroatoms. The molecule has 3 heterocycles. The third-order valence-corrected chi connectivity index (χ3v) is 4.38. The smallest absolute Gasteiger partial charge is 0.231 e. The van der Waals surface area contributed by atoms with E-state index in [1.807, 2.05) is 6.07 Å². The quantitative estimate of drug-likeness (QED) is 0.920. The Kier molecular flexibility index (Phi) is 3.26. The average molecular weight is 331 g/mol. The van der Waals surface area contributed by atoms with Crippen LogP contribution in [0.3, 0.4) is 0 Å². The lowest BCUT2D eigenvalue weighted by molar-refractivity contribution is -0.116. The molecule has 1 atom stereocenters. The Morgan fingerprint density at radius 1 is 1.25 bits per heavy atom. The Hall–Kier alpha value is -2.90. The van der Waals surface area contributed by atoms with Gasteiger partial charge in [0.05, 0.1) is 20.4 Å². The number of hydrogen-bond donors (Lipinski definition) is 1. The highest BCUT2D eigenvalue weighted by Gasteiger charge is 2.35. The number of carbonyl (C=O) groups excluding carboxylic acids is 1. The van der Waals surface area contributed by atoms with Gasteiger partial charge in [-0.1, -0.05) is 0 Å². The van der Waals surface area contributed by atoms with E-state index in [4.69, 9.17) is 18.9 Å². The molecule has 2 aliphatic rings. The lowest BCUT2D eigenvalue weighted by Crippen LogP contribution is -2.24. The van der Waals surface area contributed by atoms with Gasteiger partial charge < -0.3 is 24.3 Å². The second kappa shape index (κ2) is 5.33. The molecular formula is C16H17N3O5. The summed E-state index contributed by atoms with van der Waals surface area (Å²) in [6, 6.07) is 1.84. The van der Waals surface area contributed by atoms with Crippen LogP contribution in [0.25, 0.3) is 0 Å². The first-order valence-electron chi connectivity index (χ1n) is 7.50. The molecule has 0 fully saturated rings. The molecule has 2 aliphatic heterocycles. The molecule has 1 amide bonds. The Morgan fingerprint density at radius 2 is 2.04 bits per heavy atom. The Labute approximate surface area is 138 Å². The molecule has 1 N–H and O–H groups in total. The van der Waals surface area contributed by atoms with Gasteiger partial charge >= 0.3 is 0 Å². The summed E-state index contributed by atoms with van der Waals surface area (Å²) in [5.41, 5.74) is 1.74. The van der Waals surface area contributed by atoms with Gasteiger partial charge in [-0.25, -0.2) is 0 Å². The van der Waals surface area contributed by atoms with E-state index in [-0.39, 0.29) is 25.0 Å². The van der Waals surface area contributed by atoms with Gasteiger partial charge in [0.15, 0.2) is 11.5 Å². The Morgan fingerprint density at radius 3 is 2.79 bits per heavy atom. The molecule has 1 aromatic carbocycles. The normalized spacial score (nSPS) is 18.1. The number of ether oxygens (including phenoxy) is 4. The zero-order chi connectivity index (χ0) is 16.8. The van der Waals surface area contributed by atoms with E-state index in [1.54, 1.807) is 32.1 Å². The van der Waals surface area contributed by atoms with E-state index < -0.39 is 0 Å². The SMILES string of the molecule is COc1cc([C@H]2CC(=O)Nc3c2cnn3C)c(OC)c2c1OCO2. The van der Waals surface area contributed by atoms with Gasteiger partial charge in [-0.05, 0) is 6.07 Å².